The molecule has 0 radical (unpaired) electrons. The van der Waals surface area contributed by atoms with Crippen molar-refractivity contribution in [2.45, 2.75) is 69.5 Å². The molecule has 0 aromatic carbocycles. The Morgan fingerprint density at radius 2 is 2.26 bits per heavy atom. The number of hydrogen-bond acceptors (Lipinski definition) is 3. The number of hydrogen-bond donors (Lipinski definition) is 0. The van der Waals surface area contributed by atoms with Crippen molar-refractivity contribution in [3.63, 3.8) is 0 Å². The van der Waals surface area contributed by atoms with E-state index in [2.05, 4.69) is 6.08 Å². The molecule has 0 unspecified atom stereocenters. The molecule has 2 heterocycles. The van der Waals surface area contributed by atoms with E-state index in [0.29, 0.717) is 6.61 Å². The number of rotatable bonds is 4. The summed E-state index contributed by atoms with van der Waals surface area (Å²) in [5, 5.41) is 0. The number of carbonyl (C=O) groups is 1. The lowest BCUT2D eigenvalue weighted by Gasteiger charge is -2.40. The summed E-state index contributed by atoms with van der Waals surface area (Å²) < 4.78 is 12.2. The number of carbonyl (C=O) groups excluding carboxylic acids is 1. The Hall–Kier alpha value is -0.870. The first-order chi connectivity index (χ1) is 11.2. The van der Waals surface area contributed by atoms with Crippen LogP contribution in [0.3, 0.4) is 0 Å². The zero-order chi connectivity index (χ0) is 15.7. The van der Waals surface area contributed by atoms with Crippen LogP contribution in [0.5, 0.6) is 0 Å². The van der Waals surface area contributed by atoms with Crippen molar-refractivity contribution in [1.82, 2.24) is 4.90 Å². The second kappa shape index (κ2) is 6.56. The van der Waals surface area contributed by atoms with Crippen molar-refractivity contribution >= 4 is 5.91 Å². The third-order valence-electron chi connectivity index (χ3n) is 5.83. The first-order valence-corrected chi connectivity index (χ1v) is 9.48. The largest absolute Gasteiger partial charge is 0.375 e. The Labute approximate surface area is 139 Å². The van der Waals surface area contributed by atoms with Crippen LogP contribution in [0.15, 0.2) is 11.6 Å². The molecule has 0 bridgehead atoms. The molecule has 0 aromatic heterocycles. The number of amides is 1. The van der Waals surface area contributed by atoms with Gasteiger partial charge in [-0.25, -0.2) is 0 Å². The van der Waals surface area contributed by atoms with E-state index < -0.39 is 0 Å². The molecule has 23 heavy (non-hydrogen) atoms. The van der Waals surface area contributed by atoms with Crippen LogP contribution in [0.4, 0.5) is 0 Å². The van der Waals surface area contributed by atoms with Gasteiger partial charge in [0.25, 0.3) is 0 Å². The molecule has 2 aliphatic carbocycles. The maximum Gasteiger partial charge on any atom is 0.249 e. The van der Waals surface area contributed by atoms with E-state index in [1.165, 1.54) is 19.3 Å². The quantitative estimate of drug-likeness (QED) is 0.799. The number of piperidine rings is 1. The molecule has 4 nitrogen and oxygen atoms in total. The second-order valence-electron chi connectivity index (χ2n) is 7.90. The first-order valence-electron chi connectivity index (χ1n) is 9.48. The Morgan fingerprint density at radius 3 is 3.04 bits per heavy atom. The number of likely N-dealkylation sites (tertiary alicyclic amines) is 1. The van der Waals surface area contributed by atoms with Gasteiger partial charge in [-0.2, -0.15) is 0 Å². The van der Waals surface area contributed by atoms with Crippen LogP contribution in [0.25, 0.3) is 0 Å². The zero-order valence-corrected chi connectivity index (χ0v) is 14.1. The molecule has 2 atom stereocenters. The Kier molecular flexibility index (Phi) is 4.46. The highest BCUT2D eigenvalue weighted by Gasteiger charge is 2.45. The average molecular weight is 319 g/mol. The standard InChI is InChI=1S/C19H29NO3/c21-18(16-5-2-1-3-6-16)20-10-4-9-19(14-20)11-17(13-23-19)22-12-15-7-8-15/h5,15,17H,1-4,6-14H2/t17-,19+/m0/s1. The van der Waals surface area contributed by atoms with E-state index in [9.17, 15) is 4.79 Å². The van der Waals surface area contributed by atoms with E-state index in [1.807, 2.05) is 4.90 Å². The van der Waals surface area contributed by atoms with Gasteiger partial charge in [0.05, 0.1) is 24.9 Å². The predicted molar refractivity (Wildman–Crippen MR) is 88.1 cm³/mol. The lowest BCUT2D eigenvalue weighted by atomic mass is 9.88. The molecule has 128 valence electrons. The zero-order valence-electron chi connectivity index (χ0n) is 14.1. The van der Waals surface area contributed by atoms with E-state index >= 15 is 0 Å². The average Bonchev–Trinajstić information content (AvgIpc) is 3.35. The summed E-state index contributed by atoms with van der Waals surface area (Å²) in [5.41, 5.74) is 0.894. The van der Waals surface area contributed by atoms with Gasteiger partial charge in [-0.3, -0.25) is 4.79 Å². The van der Waals surface area contributed by atoms with Gasteiger partial charge in [0.1, 0.15) is 0 Å². The van der Waals surface area contributed by atoms with Gasteiger partial charge in [-0.05, 0) is 57.3 Å². The van der Waals surface area contributed by atoms with E-state index in [0.717, 1.165) is 69.7 Å². The molecule has 1 amide bonds. The summed E-state index contributed by atoms with van der Waals surface area (Å²) in [5.74, 6) is 1.06. The molecule has 0 aromatic rings. The minimum Gasteiger partial charge on any atom is -0.375 e. The van der Waals surface area contributed by atoms with Crippen molar-refractivity contribution < 1.29 is 14.3 Å². The first kappa shape index (κ1) is 15.6. The van der Waals surface area contributed by atoms with Gasteiger partial charge in [-0.15, -0.1) is 0 Å². The van der Waals surface area contributed by atoms with Gasteiger partial charge in [0.2, 0.25) is 5.91 Å². The van der Waals surface area contributed by atoms with E-state index in [-0.39, 0.29) is 17.6 Å². The fraction of sp³-hybridized carbons (Fsp3) is 0.842. The second-order valence-corrected chi connectivity index (χ2v) is 7.90. The van der Waals surface area contributed by atoms with E-state index in [1.54, 1.807) is 0 Å². The molecule has 4 aliphatic rings. The van der Waals surface area contributed by atoms with Crippen molar-refractivity contribution in [3.8, 4) is 0 Å². The summed E-state index contributed by atoms with van der Waals surface area (Å²) in [6.45, 7) is 3.25. The number of nitrogens with zero attached hydrogens (tertiary/aromatic N) is 1. The van der Waals surface area contributed by atoms with Crippen LogP contribution in [0.1, 0.15) is 57.8 Å². The van der Waals surface area contributed by atoms with Crippen LogP contribution < -0.4 is 0 Å². The van der Waals surface area contributed by atoms with Crippen LogP contribution >= 0.6 is 0 Å². The number of allylic oxidation sites excluding steroid dienone is 1. The van der Waals surface area contributed by atoms with Crippen molar-refractivity contribution in [1.29, 1.82) is 0 Å². The Balaban J connectivity index is 1.34. The molecule has 3 fully saturated rings. The van der Waals surface area contributed by atoms with Gasteiger partial charge < -0.3 is 14.4 Å². The molecule has 2 saturated heterocycles. The van der Waals surface area contributed by atoms with Crippen molar-refractivity contribution in [2.75, 3.05) is 26.3 Å². The lowest BCUT2D eigenvalue weighted by molar-refractivity contribution is -0.135. The SMILES string of the molecule is O=C(C1=CCCCC1)N1CCC[C@@]2(C[C@H](OCC3CC3)CO2)C1. The summed E-state index contributed by atoms with van der Waals surface area (Å²) in [4.78, 5) is 14.8. The molecular formula is C19H29NO3. The topological polar surface area (TPSA) is 38.8 Å². The van der Waals surface area contributed by atoms with Crippen LogP contribution in [-0.4, -0.2) is 48.8 Å². The van der Waals surface area contributed by atoms with Crippen LogP contribution in [0.2, 0.25) is 0 Å². The molecular weight excluding hydrogens is 290 g/mol. The maximum absolute atomic E-state index is 12.8. The highest BCUT2D eigenvalue weighted by Crippen LogP contribution is 2.38. The number of ether oxygens (including phenoxy) is 2. The fourth-order valence-corrected chi connectivity index (χ4v) is 4.26. The molecule has 4 heteroatoms. The van der Waals surface area contributed by atoms with Crippen molar-refractivity contribution in [3.05, 3.63) is 11.6 Å². The minimum atomic E-state index is -0.142. The highest BCUT2D eigenvalue weighted by atomic mass is 16.6. The molecule has 1 spiro atoms. The summed E-state index contributed by atoms with van der Waals surface area (Å²) >= 11 is 0. The molecule has 1 saturated carbocycles. The van der Waals surface area contributed by atoms with Gasteiger partial charge >= 0.3 is 0 Å². The van der Waals surface area contributed by atoms with E-state index in [4.69, 9.17) is 9.47 Å². The lowest BCUT2D eigenvalue weighted by Crippen LogP contribution is -2.50. The van der Waals surface area contributed by atoms with Gasteiger partial charge in [-0.1, -0.05) is 6.08 Å². The van der Waals surface area contributed by atoms with Crippen molar-refractivity contribution in [2.24, 2.45) is 5.92 Å². The highest BCUT2D eigenvalue weighted by molar-refractivity contribution is 5.93. The predicted octanol–water partition coefficient (Wildman–Crippen LogP) is 3.06. The summed E-state index contributed by atoms with van der Waals surface area (Å²) in [6, 6.07) is 0. The molecule has 0 N–H and O–H groups in total. The smallest absolute Gasteiger partial charge is 0.249 e. The van der Waals surface area contributed by atoms with Gasteiger partial charge in [0, 0.05) is 25.1 Å². The van der Waals surface area contributed by atoms with Crippen LogP contribution in [-0.2, 0) is 14.3 Å². The normalized spacial score (nSPS) is 34.7. The monoisotopic (exact) mass is 319 g/mol. The van der Waals surface area contributed by atoms with Crippen LogP contribution in [0, 0.1) is 5.92 Å². The summed E-state index contributed by atoms with van der Waals surface area (Å²) in [6.07, 6.45) is 12.5. The maximum atomic E-state index is 12.8. The third kappa shape index (κ3) is 3.63. The summed E-state index contributed by atoms with van der Waals surface area (Å²) in [7, 11) is 0. The molecule has 4 rings (SSSR count). The Morgan fingerprint density at radius 1 is 1.35 bits per heavy atom. The molecule has 2 aliphatic heterocycles. The third-order valence-corrected chi connectivity index (χ3v) is 5.83. The fourth-order valence-electron chi connectivity index (χ4n) is 4.26. The minimum absolute atomic E-state index is 0.142. The van der Waals surface area contributed by atoms with Gasteiger partial charge in [0.15, 0.2) is 0 Å². The Bertz CT molecular complexity index is 485.